The normalized spacial score (nSPS) is 15.2. The van der Waals surface area contributed by atoms with Crippen molar-refractivity contribution in [2.45, 2.75) is 173 Å². The lowest BCUT2D eigenvalue weighted by Crippen LogP contribution is -2.37. The van der Waals surface area contributed by atoms with Gasteiger partial charge in [-0.05, 0) is 51.4 Å². The summed E-state index contributed by atoms with van der Waals surface area (Å²) in [5, 5.41) is 20.8. The van der Waals surface area contributed by atoms with Crippen molar-refractivity contribution in [3.8, 4) is 0 Å². The van der Waals surface area contributed by atoms with Gasteiger partial charge in [-0.3, -0.25) is 18.6 Å². The number of aliphatic hydroxyl groups is 2. The van der Waals surface area contributed by atoms with Gasteiger partial charge >= 0.3 is 19.8 Å². The lowest BCUT2D eigenvalue weighted by Gasteiger charge is -2.24. The largest absolute Gasteiger partial charge is 0.472 e. The van der Waals surface area contributed by atoms with Crippen molar-refractivity contribution in [1.29, 1.82) is 0 Å². The van der Waals surface area contributed by atoms with Crippen LogP contribution in [0.25, 0.3) is 0 Å². The number of aliphatic hydroxyl groups excluding tert-OH is 2. The summed E-state index contributed by atoms with van der Waals surface area (Å²) in [5.41, 5.74) is 0. The summed E-state index contributed by atoms with van der Waals surface area (Å²) in [4.78, 5) is 35.4. The molecule has 0 aromatic heterocycles. The predicted octanol–water partition coefficient (Wildman–Crippen LogP) is 9.85. The molecular formula is C44H81NO10P+. The fraction of sp³-hybridized carbons (Fsp3) is 0.773. The quantitative estimate of drug-likeness (QED) is 0.0181. The standard InChI is InChI=1S/C44H80NO10P/c1-6-8-10-12-14-16-18-20-22-24-26-28-30-34-43(48)52-38-40(39-54-56(50,51)53-37-36-45(3,4)5)55-44(49)35-31-33-42(47)41(46)32-29-27-25-23-21-19-17-15-13-11-9-7-2/h9,11,15,17,21,23,27,29,40-42,46-47H,6-8,10,12-14,16,18-20,22,24-26,28,30-39H2,1-5H3/p+1/b11-9-,17-15-,23-21-,29-27-/t40-,41-,42-/m1/s1. The highest BCUT2D eigenvalue weighted by atomic mass is 31.2. The second kappa shape index (κ2) is 36.0. The first-order valence-corrected chi connectivity index (χ1v) is 23.0. The molecule has 0 rings (SSSR count). The Hall–Kier alpha value is -2.11. The minimum atomic E-state index is -4.45. The zero-order chi connectivity index (χ0) is 41.8. The van der Waals surface area contributed by atoms with E-state index in [1.54, 1.807) is 0 Å². The van der Waals surface area contributed by atoms with Crippen molar-refractivity contribution in [3.05, 3.63) is 48.6 Å². The Kier molecular flexibility index (Phi) is 34.6. The minimum Gasteiger partial charge on any atom is -0.462 e. The van der Waals surface area contributed by atoms with Gasteiger partial charge in [-0.2, -0.15) is 0 Å². The number of carbonyl (C=O) groups excluding carboxylic acids is 2. The number of ether oxygens (including phenoxy) is 2. The number of hydrogen-bond donors (Lipinski definition) is 3. The number of likely N-dealkylation sites (N-methyl/N-ethyl adjacent to an activating group) is 1. The van der Waals surface area contributed by atoms with Crippen molar-refractivity contribution >= 4 is 19.8 Å². The van der Waals surface area contributed by atoms with Gasteiger partial charge in [-0.25, -0.2) is 4.57 Å². The fourth-order valence-corrected chi connectivity index (χ4v) is 6.31. The summed E-state index contributed by atoms with van der Waals surface area (Å²) in [5.74, 6) is -1.09. The van der Waals surface area contributed by atoms with E-state index in [-0.39, 0.29) is 45.3 Å². The average molecular weight is 815 g/mol. The number of allylic oxidation sites excluding steroid dienone is 7. The van der Waals surface area contributed by atoms with Crippen molar-refractivity contribution in [1.82, 2.24) is 0 Å². The number of phosphoric acid groups is 1. The van der Waals surface area contributed by atoms with Crippen molar-refractivity contribution in [2.75, 3.05) is 47.5 Å². The van der Waals surface area contributed by atoms with Crippen LogP contribution >= 0.6 is 7.82 Å². The number of carbonyl (C=O) groups is 2. The molecular weight excluding hydrogens is 733 g/mol. The van der Waals surface area contributed by atoms with E-state index in [1.807, 2.05) is 33.3 Å². The molecule has 0 amide bonds. The van der Waals surface area contributed by atoms with Gasteiger partial charge in [0.05, 0.1) is 40.0 Å². The topological polar surface area (TPSA) is 149 Å². The molecule has 56 heavy (non-hydrogen) atoms. The molecule has 11 nitrogen and oxygen atoms in total. The molecule has 0 aromatic carbocycles. The number of esters is 2. The Morgan fingerprint density at radius 1 is 0.625 bits per heavy atom. The molecule has 12 heteroatoms. The van der Waals surface area contributed by atoms with Crippen LogP contribution in [0.4, 0.5) is 0 Å². The van der Waals surface area contributed by atoms with Crippen molar-refractivity contribution in [3.63, 3.8) is 0 Å². The first-order chi connectivity index (χ1) is 26.8. The number of nitrogens with zero attached hydrogens (tertiary/aromatic N) is 1. The minimum absolute atomic E-state index is 0.0215. The highest BCUT2D eigenvalue weighted by Crippen LogP contribution is 2.43. The van der Waals surface area contributed by atoms with E-state index in [2.05, 4.69) is 50.3 Å². The molecule has 0 spiro atoms. The predicted molar refractivity (Wildman–Crippen MR) is 227 cm³/mol. The van der Waals surface area contributed by atoms with Crippen molar-refractivity contribution in [2.24, 2.45) is 0 Å². The number of rotatable bonds is 38. The molecule has 326 valence electrons. The first-order valence-electron chi connectivity index (χ1n) is 21.5. The van der Waals surface area contributed by atoms with E-state index in [1.165, 1.54) is 57.8 Å². The number of hydrogen-bond acceptors (Lipinski definition) is 9. The smallest absolute Gasteiger partial charge is 0.462 e. The Morgan fingerprint density at radius 2 is 1.12 bits per heavy atom. The van der Waals surface area contributed by atoms with E-state index < -0.39 is 44.7 Å². The molecule has 0 aliphatic carbocycles. The molecule has 1 unspecified atom stereocenters. The van der Waals surface area contributed by atoms with Gasteiger partial charge in [0.2, 0.25) is 0 Å². The third-order valence-electron chi connectivity index (χ3n) is 9.07. The summed E-state index contributed by atoms with van der Waals surface area (Å²) in [6.07, 6.45) is 33.3. The van der Waals surface area contributed by atoms with Gasteiger partial charge < -0.3 is 29.1 Å². The van der Waals surface area contributed by atoms with E-state index in [0.29, 0.717) is 17.4 Å². The summed E-state index contributed by atoms with van der Waals surface area (Å²) in [7, 11) is 1.30. The molecule has 0 aliphatic rings. The Morgan fingerprint density at radius 3 is 1.66 bits per heavy atom. The Bertz CT molecular complexity index is 1130. The number of unbranched alkanes of at least 4 members (excludes halogenated alkanes) is 12. The maximum Gasteiger partial charge on any atom is 0.472 e. The molecule has 0 aliphatic heterocycles. The maximum absolute atomic E-state index is 12.7. The molecule has 0 aromatic rings. The molecule has 0 fully saturated rings. The first kappa shape index (κ1) is 53.9. The number of quaternary nitrogens is 1. The zero-order valence-corrected chi connectivity index (χ0v) is 36.7. The third kappa shape index (κ3) is 37.5. The Balaban J connectivity index is 4.64. The summed E-state index contributed by atoms with van der Waals surface area (Å²) in [6.45, 7) is 3.95. The summed E-state index contributed by atoms with van der Waals surface area (Å²) in [6, 6.07) is 0. The SMILES string of the molecule is CC/C=C\C/C=C\C/C=C\C/C=C\C[C@@H](O)[C@H](O)CCCC(=O)O[C@H](COC(=O)CCCCCCCCCCCCCCC)COP(=O)(O)OCC[N+](C)(C)C. The molecule has 0 saturated carbocycles. The number of phosphoric ester groups is 1. The Labute approximate surface area is 340 Å². The molecule has 3 N–H and O–H groups in total. The van der Waals surface area contributed by atoms with Crippen LogP contribution in [0.5, 0.6) is 0 Å². The maximum atomic E-state index is 12.7. The van der Waals surface area contributed by atoms with Crippen LogP contribution in [0.15, 0.2) is 48.6 Å². The molecule has 0 bridgehead atoms. The van der Waals surface area contributed by atoms with E-state index in [4.69, 9.17) is 18.5 Å². The molecule has 0 radical (unpaired) electrons. The monoisotopic (exact) mass is 815 g/mol. The van der Waals surface area contributed by atoms with Gasteiger partial charge in [-0.1, -0.05) is 140 Å². The second-order valence-corrected chi connectivity index (χ2v) is 17.1. The fourth-order valence-electron chi connectivity index (χ4n) is 5.57. The average Bonchev–Trinajstić information content (AvgIpc) is 3.14. The third-order valence-corrected chi connectivity index (χ3v) is 10.1. The van der Waals surface area contributed by atoms with Gasteiger partial charge in [0, 0.05) is 12.8 Å². The van der Waals surface area contributed by atoms with Gasteiger partial charge in [-0.15, -0.1) is 0 Å². The van der Waals surface area contributed by atoms with Crippen LogP contribution in [0.3, 0.4) is 0 Å². The highest BCUT2D eigenvalue weighted by Gasteiger charge is 2.27. The van der Waals surface area contributed by atoms with Crippen LogP contribution in [0.2, 0.25) is 0 Å². The summed E-state index contributed by atoms with van der Waals surface area (Å²) < 4.78 is 34.0. The highest BCUT2D eigenvalue weighted by molar-refractivity contribution is 7.47. The van der Waals surface area contributed by atoms with Gasteiger partial charge in [0.1, 0.15) is 19.8 Å². The van der Waals surface area contributed by atoms with E-state index >= 15 is 0 Å². The van der Waals surface area contributed by atoms with E-state index in [9.17, 15) is 29.3 Å². The molecule has 0 heterocycles. The lowest BCUT2D eigenvalue weighted by molar-refractivity contribution is -0.870. The summed E-state index contributed by atoms with van der Waals surface area (Å²) >= 11 is 0. The molecule has 4 atom stereocenters. The van der Waals surface area contributed by atoms with Crippen molar-refractivity contribution < 1.29 is 52.3 Å². The van der Waals surface area contributed by atoms with Crippen LogP contribution < -0.4 is 0 Å². The van der Waals surface area contributed by atoms with Crippen LogP contribution in [0, 0.1) is 0 Å². The second-order valence-electron chi connectivity index (χ2n) is 15.7. The van der Waals surface area contributed by atoms with E-state index in [0.717, 1.165) is 44.9 Å². The molecule has 0 saturated heterocycles. The van der Waals surface area contributed by atoms with Crippen LogP contribution in [-0.2, 0) is 32.7 Å². The van der Waals surface area contributed by atoms with Gasteiger partial charge in [0.25, 0.3) is 0 Å². The lowest BCUT2D eigenvalue weighted by atomic mass is 10.0. The van der Waals surface area contributed by atoms with Gasteiger partial charge in [0.15, 0.2) is 6.10 Å². The zero-order valence-electron chi connectivity index (χ0n) is 35.8. The van der Waals surface area contributed by atoms with Crippen LogP contribution in [0.1, 0.15) is 155 Å². The van der Waals surface area contributed by atoms with Crippen LogP contribution in [-0.4, -0.2) is 97.3 Å².